The van der Waals surface area contributed by atoms with Crippen LogP contribution in [0.15, 0.2) is 11.5 Å². The van der Waals surface area contributed by atoms with E-state index in [-0.39, 0.29) is 37.0 Å². The molecule has 1 fully saturated rings. The van der Waals surface area contributed by atoms with Gasteiger partial charge in [-0.2, -0.15) is 9.29 Å². The highest BCUT2D eigenvalue weighted by Gasteiger charge is 2.34. The van der Waals surface area contributed by atoms with Gasteiger partial charge in [-0.15, -0.1) is 0 Å². The maximum Gasteiger partial charge on any atom is 0.410 e. The molecule has 1 N–H and O–H groups in total. The van der Waals surface area contributed by atoms with Crippen LogP contribution in [0, 0.1) is 0 Å². The number of amides is 1. The van der Waals surface area contributed by atoms with Crippen molar-refractivity contribution in [2.45, 2.75) is 31.5 Å². The predicted octanol–water partition coefficient (Wildman–Crippen LogP) is 1.25. The maximum absolute atomic E-state index is 12.8. The SMILES string of the molecule is CC(C)(C)OC(=O)N1CCN(S(=O)(=O)c2nc(Cl)c3[nH]cnc3n2)CC1. The molecule has 0 bridgehead atoms. The van der Waals surface area contributed by atoms with E-state index in [0.717, 1.165) is 0 Å². The summed E-state index contributed by atoms with van der Waals surface area (Å²) in [5, 5.41) is -0.425. The first-order valence-corrected chi connectivity index (χ1v) is 9.74. The Labute approximate surface area is 155 Å². The van der Waals surface area contributed by atoms with E-state index in [9.17, 15) is 13.2 Å². The first-order valence-electron chi connectivity index (χ1n) is 7.92. The first kappa shape index (κ1) is 18.8. The van der Waals surface area contributed by atoms with Crippen molar-refractivity contribution >= 4 is 38.9 Å². The number of rotatable bonds is 2. The number of halogens is 1. The van der Waals surface area contributed by atoms with E-state index < -0.39 is 26.9 Å². The fourth-order valence-corrected chi connectivity index (χ4v) is 4.00. The van der Waals surface area contributed by atoms with Crippen molar-refractivity contribution in [3.05, 3.63) is 11.5 Å². The fraction of sp³-hybridized carbons (Fsp3) is 0.571. The van der Waals surface area contributed by atoms with Crippen molar-refractivity contribution in [1.29, 1.82) is 0 Å². The summed E-state index contributed by atoms with van der Waals surface area (Å²) in [5.41, 5.74) is -0.0551. The molecule has 0 spiro atoms. The Hall–Kier alpha value is -1.98. The third-order valence-corrected chi connectivity index (χ3v) is 5.64. The smallest absolute Gasteiger partial charge is 0.410 e. The molecule has 0 radical (unpaired) electrons. The van der Waals surface area contributed by atoms with Gasteiger partial charge in [-0.1, -0.05) is 11.6 Å². The molecule has 0 unspecified atom stereocenters. The number of hydrogen-bond acceptors (Lipinski definition) is 7. The molecule has 3 rings (SSSR count). The number of carbonyl (C=O) groups excluding carboxylic acids is 1. The minimum Gasteiger partial charge on any atom is -0.444 e. The van der Waals surface area contributed by atoms with E-state index in [1.165, 1.54) is 15.5 Å². The molecule has 1 aliphatic rings. The number of carbonyl (C=O) groups is 1. The van der Waals surface area contributed by atoms with Crippen LogP contribution in [0.2, 0.25) is 5.15 Å². The largest absolute Gasteiger partial charge is 0.444 e. The number of imidazole rings is 1. The van der Waals surface area contributed by atoms with Crippen molar-refractivity contribution in [2.75, 3.05) is 26.2 Å². The molecule has 1 aliphatic heterocycles. The Kier molecular flexibility index (Phi) is 4.80. The van der Waals surface area contributed by atoms with Crippen LogP contribution < -0.4 is 0 Å². The number of piperazine rings is 1. The summed E-state index contributed by atoms with van der Waals surface area (Å²) in [6.07, 6.45) is 0.896. The molecule has 26 heavy (non-hydrogen) atoms. The summed E-state index contributed by atoms with van der Waals surface area (Å²) in [6, 6.07) is 0. The lowest BCUT2D eigenvalue weighted by Gasteiger charge is -2.34. The second-order valence-electron chi connectivity index (χ2n) is 6.77. The molecule has 0 saturated carbocycles. The van der Waals surface area contributed by atoms with Crippen molar-refractivity contribution in [1.82, 2.24) is 29.1 Å². The summed E-state index contributed by atoms with van der Waals surface area (Å²) < 4.78 is 32.1. The van der Waals surface area contributed by atoms with Gasteiger partial charge in [0.05, 0.1) is 6.33 Å². The molecule has 0 aromatic carbocycles. The van der Waals surface area contributed by atoms with E-state index in [2.05, 4.69) is 19.9 Å². The van der Waals surface area contributed by atoms with Crippen LogP contribution in [-0.4, -0.2) is 75.4 Å². The van der Waals surface area contributed by atoms with Crippen LogP contribution in [0.1, 0.15) is 20.8 Å². The number of ether oxygens (including phenoxy) is 1. The lowest BCUT2D eigenvalue weighted by Crippen LogP contribution is -2.51. The lowest BCUT2D eigenvalue weighted by atomic mass is 10.2. The summed E-state index contributed by atoms with van der Waals surface area (Å²) in [5.74, 6) is 0. The average Bonchev–Trinajstić information content (AvgIpc) is 3.02. The third-order valence-electron chi connectivity index (χ3n) is 3.68. The normalized spacial score (nSPS) is 16.8. The molecular formula is C14H19ClN6O4S. The Morgan fingerprint density at radius 1 is 1.23 bits per heavy atom. The number of H-pyrrole nitrogens is 1. The van der Waals surface area contributed by atoms with Gasteiger partial charge in [0.15, 0.2) is 10.8 Å². The second-order valence-corrected chi connectivity index (χ2v) is 8.96. The van der Waals surface area contributed by atoms with Crippen molar-refractivity contribution in [3.8, 4) is 0 Å². The number of fused-ring (bicyclic) bond motifs is 1. The van der Waals surface area contributed by atoms with Crippen LogP contribution in [0.3, 0.4) is 0 Å². The average molecular weight is 403 g/mol. The van der Waals surface area contributed by atoms with Gasteiger partial charge in [0.25, 0.3) is 15.2 Å². The number of aromatic nitrogens is 4. The summed E-state index contributed by atoms with van der Waals surface area (Å²) in [7, 11) is -3.94. The van der Waals surface area contributed by atoms with Gasteiger partial charge >= 0.3 is 6.09 Å². The van der Waals surface area contributed by atoms with Crippen LogP contribution in [0.4, 0.5) is 4.79 Å². The molecule has 0 atom stereocenters. The Morgan fingerprint density at radius 2 is 1.88 bits per heavy atom. The van der Waals surface area contributed by atoms with Gasteiger partial charge < -0.3 is 14.6 Å². The lowest BCUT2D eigenvalue weighted by molar-refractivity contribution is 0.0192. The summed E-state index contributed by atoms with van der Waals surface area (Å²) >= 11 is 6.00. The van der Waals surface area contributed by atoms with Crippen molar-refractivity contribution in [3.63, 3.8) is 0 Å². The first-order chi connectivity index (χ1) is 12.1. The fourth-order valence-electron chi connectivity index (χ4n) is 2.45. The summed E-state index contributed by atoms with van der Waals surface area (Å²) in [6.45, 7) is 5.98. The molecule has 2 aromatic heterocycles. The Balaban J connectivity index is 1.74. The van der Waals surface area contributed by atoms with Crippen molar-refractivity contribution < 1.29 is 17.9 Å². The number of aromatic amines is 1. The Morgan fingerprint density at radius 3 is 2.50 bits per heavy atom. The minimum absolute atomic E-state index is 0.0153. The molecule has 3 heterocycles. The molecule has 1 saturated heterocycles. The van der Waals surface area contributed by atoms with Crippen LogP contribution >= 0.6 is 11.6 Å². The molecule has 10 nitrogen and oxygen atoms in total. The van der Waals surface area contributed by atoms with Crippen LogP contribution in [-0.2, 0) is 14.8 Å². The molecule has 2 aromatic rings. The van der Waals surface area contributed by atoms with Gasteiger partial charge in [0.2, 0.25) is 0 Å². The molecule has 142 valence electrons. The van der Waals surface area contributed by atoms with Gasteiger partial charge in [0, 0.05) is 26.2 Å². The second kappa shape index (κ2) is 6.63. The van der Waals surface area contributed by atoms with Gasteiger partial charge in [-0.05, 0) is 20.8 Å². The van der Waals surface area contributed by atoms with E-state index in [4.69, 9.17) is 16.3 Å². The van der Waals surface area contributed by atoms with Gasteiger partial charge in [-0.3, -0.25) is 0 Å². The van der Waals surface area contributed by atoms with E-state index in [1.807, 2.05) is 0 Å². The highest BCUT2D eigenvalue weighted by molar-refractivity contribution is 7.89. The van der Waals surface area contributed by atoms with E-state index >= 15 is 0 Å². The summed E-state index contributed by atoms with van der Waals surface area (Å²) in [4.78, 5) is 28.1. The van der Waals surface area contributed by atoms with Crippen LogP contribution in [0.25, 0.3) is 11.2 Å². The minimum atomic E-state index is -3.94. The van der Waals surface area contributed by atoms with Gasteiger partial charge in [0.1, 0.15) is 11.1 Å². The highest BCUT2D eigenvalue weighted by atomic mass is 35.5. The number of hydrogen-bond donors (Lipinski definition) is 1. The zero-order valence-corrected chi connectivity index (χ0v) is 16.1. The predicted molar refractivity (Wildman–Crippen MR) is 93.3 cm³/mol. The maximum atomic E-state index is 12.8. The Bertz CT molecular complexity index is 931. The van der Waals surface area contributed by atoms with E-state index in [0.29, 0.717) is 5.52 Å². The van der Waals surface area contributed by atoms with Crippen molar-refractivity contribution in [2.24, 2.45) is 0 Å². The topological polar surface area (TPSA) is 121 Å². The molecule has 0 aliphatic carbocycles. The molecule has 1 amide bonds. The third kappa shape index (κ3) is 3.74. The zero-order chi connectivity index (χ0) is 19.1. The van der Waals surface area contributed by atoms with Crippen LogP contribution in [0.5, 0.6) is 0 Å². The zero-order valence-electron chi connectivity index (χ0n) is 14.6. The number of sulfonamides is 1. The van der Waals surface area contributed by atoms with Gasteiger partial charge in [-0.25, -0.2) is 23.2 Å². The standard InChI is InChI=1S/C14H19ClN6O4S/c1-14(2,3)25-13(22)20-4-6-21(7-5-20)26(23,24)12-18-10(15)9-11(19-12)17-8-16-9/h8H,4-7H2,1-3H3,(H,16,17,18,19). The monoisotopic (exact) mass is 402 g/mol. The number of nitrogens with zero attached hydrogens (tertiary/aromatic N) is 5. The number of nitrogens with one attached hydrogen (secondary N) is 1. The molecule has 12 heteroatoms. The van der Waals surface area contributed by atoms with E-state index in [1.54, 1.807) is 20.8 Å². The highest BCUT2D eigenvalue weighted by Crippen LogP contribution is 2.21. The molecular weight excluding hydrogens is 384 g/mol. The quantitative estimate of drug-likeness (QED) is 0.592.